The molecule has 35 heavy (non-hydrogen) atoms. The van der Waals surface area contributed by atoms with E-state index in [4.69, 9.17) is 25.8 Å². The highest BCUT2D eigenvalue weighted by molar-refractivity contribution is 14.1. The van der Waals surface area contributed by atoms with Crippen LogP contribution in [0.2, 0.25) is 0 Å². The molecule has 0 aromatic heterocycles. The van der Waals surface area contributed by atoms with Crippen molar-refractivity contribution < 1.29 is 24.2 Å². The van der Waals surface area contributed by atoms with Crippen LogP contribution < -0.4 is 14.2 Å². The molecule has 0 radical (unpaired) electrons. The summed E-state index contributed by atoms with van der Waals surface area (Å²) in [6.45, 7) is 4.14. The van der Waals surface area contributed by atoms with Gasteiger partial charge in [-0.25, -0.2) is 0 Å². The topological polar surface area (TPSA) is 91.1 Å². The van der Waals surface area contributed by atoms with Gasteiger partial charge < -0.3 is 19.3 Å². The van der Waals surface area contributed by atoms with Crippen LogP contribution >= 0.6 is 34.2 Å². The summed E-state index contributed by atoms with van der Waals surface area (Å²) in [6.07, 6.45) is -0.831. The normalized spacial score (nSPS) is 20.9. The number of allylic oxidation sites excluding steroid dienone is 1. The van der Waals surface area contributed by atoms with E-state index in [0.29, 0.717) is 41.4 Å². The van der Waals surface area contributed by atoms with Gasteiger partial charge in [-0.05, 0) is 70.4 Å². The van der Waals surface area contributed by atoms with Gasteiger partial charge in [-0.1, -0.05) is 42.5 Å². The molecule has 0 saturated heterocycles. The maximum Gasteiger partial charge on any atom is 0.364 e. The molecule has 7 nitrogen and oxygen atoms in total. The second kappa shape index (κ2) is 10.4. The Balaban J connectivity index is 1.73. The highest BCUT2D eigenvalue weighted by Crippen LogP contribution is 2.53. The Morgan fingerprint density at radius 2 is 2.00 bits per heavy atom. The van der Waals surface area contributed by atoms with Crippen molar-refractivity contribution >= 4 is 34.2 Å². The van der Waals surface area contributed by atoms with E-state index in [2.05, 4.69) is 29.2 Å². The molecule has 0 aliphatic carbocycles. The molecular formula is C26H23ClINO6. The third-order valence-electron chi connectivity index (χ3n) is 5.83. The monoisotopic (exact) mass is 607 g/mol. The van der Waals surface area contributed by atoms with Crippen LogP contribution in [0, 0.1) is 13.7 Å². The molecule has 1 aliphatic rings. The van der Waals surface area contributed by atoms with Gasteiger partial charge in [0.25, 0.3) is 0 Å². The van der Waals surface area contributed by atoms with Gasteiger partial charge in [0.1, 0.15) is 23.9 Å². The summed E-state index contributed by atoms with van der Waals surface area (Å²) in [5.74, 6) is 1.38. The van der Waals surface area contributed by atoms with Gasteiger partial charge in [0.2, 0.25) is 6.10 Å². The highest BCUT2D eigenvalue weighted by atomic mass is 127. The molecule has 182 valence electrons. The van der Waals surface area contributed by atoms with Crippen molar-refractivity contribution in [3.63, 3.8) is 0 Å². The molecule has 9 heteroatoms. The number of ether oxygens (including phenoxy) is 3. The lowest BCUT2D eigenvalue weighted by molar-refractivity contribution is -0.570. The van der Waals surface area contributed by atoms with Crippen molar-refractivity contribution in [2.24, 2.45) is 0 Å². The number of halogens is 2. The SMILES string of the molecule is C=CCc1cc(OC)cc2c1O[C@@H](c1ccc(OCc3ccccc3)c(I)c1)[C@](Cl)([N+](=O)[O-])[C@H]2O. The van der Waals surface area contributed by atoms with E-state index in [1.807, 2.05) is 30.3 Å². The van der Waals surface area contributed by atoms with E-state index in [1.54, 1.807) is 30.3 Å². The fourth-order valence-corrected chi connectivity index (χ4v) is 5.03. The number of hydrogen-bond donors (Lipinski definition) is 1. The lowest BCUT2D eigenvalue weighted by Gasteiger charge is -2.38. The molecule has 1 N–H and O–H groups in total. The second-order valence-corrected chi connectivity index (χ2v) is 9.81. The number of aliphatic hydroxyl groups excluding tert-OH is 1. The molecule has 3 aromatic carbocycles. The average Bonchev–Trinajstić information content (AvgIpc) is 2.86. The Kier molecular flexibility index (Phi) is 7.53. The van der Waals surface area contributed by atoms with Crippen LogP contribution in [-0.4, -0.2) is 22.1 Å². The first-order chi connectivity index (χ1) is 16.8. The van der Waals surface area contributed by atoms with E-state index >= 15 is 0 Å². The Bertz CT molecular complexity index is 1250. The van der Waals surface area contributed by atoms with Gasteiger partial charge >= 0.3 is 5.00 Å². The second-order valence-electron chi connectivity index (χ2n) is 8.05. The van der Waals surface area contributed by atoms with Gasteiger partial charge in [-0.2, -0.15) is 0 Å². The smallest absolute Gasteiger partial charge is 0.364 e. The molecule has 1 aliphatic heterocycles. The molecule has 1 heterocycles. The van der Waals surface area contributed by atoms with Crippen LogP contribution in [0.5, 0.6) is 17.2 Å². The largest absolute Gasteiger partial charge is 0.497 e. The first-order valence-electron chi connectivity index (χ1n) is 10.8. The minimum atomic E-state index is -2.36. The predicted octanol–water partition coefficient (Wildman–Crippen LogP) is 5.99. The number of methoxy groups -OCH3 is 1. The number of hydrogen-bond acceptors (Lipinski definition) is 6. The van der Waals surface area contributed by atoms with Crippen molar-refractivity contribution in [2.75, 3.05) is 7.11 Å². The fraction of sp³-hybridized carbons (Fsp3) is 0.231. The third-order valence-corrected chi connectivity index (χ3v) is 7.21. The molecule has 0 bridgehead atoms. The van der Waals surface area contributed by atoms with Crippen molar-refractivity contribution in [3.05, 3.63) is 109 Å². The molecule has 0 amide bonds. The lowest BCUT2D eigenvalue weighted by atomic mass is 9.88. The molecule has 0 unspecified atom stereocenters. The number of nitrogens with zero attached hydrogens (tertiary/aromatic N) is 1. The Morgan fingerprint density at radius 1 is 1.26 bits per heavy atom. The van der Waals surface area contributed by atoms with Gasteiger partial charge in [0.05, 0.1) is 15.6 Å². The third kappa shape index (κ3) is 4.82. The minimum Gasteiger partial charge on any atom is -0.497 e. The van der Waals surface area contributed by atoms with E-state index < -0.39 is 22.1 Å². The summed E-state index contributed by atoms with van der Waals surface area (Å²) < 4.78 is 18.2. The molecule has 0 fully saturated rings. The van der Waals surface area contributed by atoms with Crippen molar-refractivity contribution in [3.8, 4) is 17.2 Å². The van der Waals surface area contributed by atoms with Crippen LogP contribution in [0.1, 0.15) is 34.5 Å². The van der Waals surface area contributed by atoms with Crippen LogP contribution in [-0.2, 0) is 13.0 Å². The zero-order valence-electron chi connectivity index (χ0n) is 18.8. The van der Waals surface area contributed by atoms with Crippen molar-refractivity contribution in [1.29, 1.82) is 0 Å². The van der Waals surface area contributed by atoms with E-state index in [9.17, 15) is 15.2 Å². The Hall–Kier alpha value is -2.82. The number of benzene rings is 3. The Morgan fingerprint density at radius 3 is 2.63 bits per heavy atom. The molecular weight excluding hydrogens is 585 g/mol. The summed E-state index contributed by atoms with van der Waals surface area (Å²) in [5.41, 5.74) is 2.33. The predicted molar refractivity (Wildman–Crippen MR) is 141 cm³/mol. The number of alkyl halides is 1. The van der Waals surface area contributed by atoms with Crippen LogP contribution in [0.25, 0.3) is 0 Å². The summed E-state index contributed by atoms with van der Waals surface area (Å²) >= 11 is 8.68. The quantitative estimate of drug-likeness (QED) is 0.0846. The zero-order chi connectivity index (χ0) is 25.2. The first-order valence-corrected chi connectivity index (χ1v) is 12.2. The molecule has 3 aromatic rings. The van der Waals surface area contributed by atoms with E-state index in [-0.39, 0.29) is 5.56 Å². The summed E-state index contributed by atoms with van der Waals surface area (Å²) in [7, 11) is 1.48. The lowest BCUT2D eigenvalue weighted by Crippen LogP contribution is -2.49. The highest BCUT2D eigenvalue weighted by Gasteiger charge is 2.62. The standard InChI is InChI=1S/C26H23ClINO6/c1-3-7-17-12-19(33-2)14-20-23(17)35-25(26(27,24(20)30)29(31)32)18-10-11-22(21(28)13-18)34-15-16-8-5-4-6-9-16/h3-6,8-14,24-25,30H,1,7,15H2,2H3/t24-,25-,26+/m0/s1. The van der Waals surface area contributed by atoms with Crippen molar-refractivity contribution in [2.45, 2.75) is 30.2 Å². The van der Waals surface area contributed by atoms with Crippen LogP contribution in [0.3, 0.4) is 0 Å². The van der Waals surface area contributed by atoms with Gasteiger partial charge in [-0.3, -0.25) is 10.1 Å². The fourth-order valence-electron chi connectivity index (χ4n) is 4.05. The zero-order valence-corrected chi connectivity index (χ0v) is 21.7. The van der Waals surface area contributed by atoms with Crippen LogP contribution in [0.4, 0.5) is 0 Å². The maximum atomic E-state index is 12.2. The maximum absolute atomic E-state index is 12.2. The Labute approximate surface area is 221 Å². The van der Waals surface area contributed by atoms with Gasteiger partial charge in [0, 0.05) is 16.7 Å². The number of rotatable bonds is 8. The van der Waals surface area contributed by atoms with E-state index in [1.165, 1.54) is 13.2 Å². The van der Waals surface area contributed by atoms with Crippen molar-refractivity contribution in [1.82, 2.24) is 0 Å². The average molecular weight is 608 g/mol. The number of aliphatic hydroxyl groups is 1. The molecule has 0 spiro atoms. The molecule has 4 rings (SSSR count). The van der Waals surface area contributed by atoms with Crippen LogP contribution in [0.15, 0.2) is 73.3 Å². The first kappa shape index (κ1) is 25.3. The number of fused-ring (bicyclic) bond motifs is 1. The summed E-state index contributed by atoms with van der Waals surface area (Å²) in [6, 6.07) is 18.1. The van der Waals surface area contributed by atoms with E-state index in [0.717, 1.165) is 9.13 Å². The summed E-state index contributed by atoms with van der Waals surface area (Å²) in [4.78, 5) is 9.15. The van der Waals surface area contributed by atoms with Gasteiger partial charge in [-0.15, -0.1) is 6.58 Å². The number of nitro groups is 1. The molecule has 3 atom stereocenters. The molecule has 0 saturated carbocycles. The van der Waals surface area contributed by atoms with Gasteiger partial charge in [0.15, 0.2) is 6.10 Å². The summed E-state index contributed by atoms with van der Waals surface area (Å²) in [5, 5.41) is 23.4. The minimum absolute atomic E-state index is 0.196.